The molecular weight excluding hydrogens is 324 g/mol. The molecule has 1 aliphatic heterocycles. The minimum Gasteiger partial charge on any atom is -0.466 e. The summed E-state index contributed by atoms with van der Waals surface area (Å²) < 4.78 is 5.77. The summed E-state index contributed by atoms with van der Waals surface area (Å²) in [5.74, 6) is -0.442. The molecule has 1 aromatic rings. The number of nitrogens with one attached hydrogen (secondary N) is 1. The average Bonchev–Trinajstić information content (AvgIpc) is 2.44. The standard InChI is InChI=1S/C14H15BrN2O3/c1-8-11(13(18)20-3)12(16-14(19)17(8)2)9-4-6-10(15)7-5-9/h4-7,12H,1-3H3,(H,16,19). The van der Waals surface area contributed by atoms with E-state index in [0.717, 1.165) is 10.0 Å². The zero-order chi connectivity index (χ0) is 14.9. The molecule has 1 atom stereocenters. The Balaban J connectivity index is 2.51. The smallest absolute Gasteiger partial charge is 0.337 e. The maximum Gasteiger partial charge on any atom is 0.337 e. The summed E-state index contributed by atoms with van der Waals surface area (Å²) in [6.07, 6.45) is 0. The molecule has 5 nitrogen and oxygen atoms in total. The van der Waals surface area contributed by atoms with Gasteiger partial charge in [0.25, 0.3) is 0 Å². The zero-order valence-corrected chi connectivity index (χ0v) is 13.0. The molecule has 0 spiro atoms. The summed E-state index contributed by atoms with van der Waals surface area (Å²) in [7, 11) is 2.95. The first-order valence-corrected chi connectivity index (χ1v) is 6.83. The van der Waals surface area contributed by atoms with Crippen molar-refractivity contribution in [3.8, 4) is 0 Å². The number of esters is 1. The lowest BCUT2D eigenvalue weighted by molar-refractivity contribution is -0.136. The third kappa shape index (κ3) is 2.56. The van der Waals surface area contributed by atoms with Crippen molar-refractivity contribution in [1.29, 1.82) is 0 Å². The normalized spacial score (nSPS) is 18.9. The molecule has 1 N–H and O–H groups in total. The van der Waals surface area contributed by atoms with Gasteiger partial charge in [0, 0.05) is 17.2 Å². The second-order valence-electron chi connectivity index (χ2n) is 4.48. The molecule has 20 heavy (non-hydrogen) atoms. The molecular formula is C14H15BrN2O3. The Hall–Kier alpha value is -1.82. The second-order valence-corrected chi connectivity index (χ2v) is 5.40. The number of ether oxygens (including phenoxy) is 1. The van der Waals surface area contributed by atoms with Crippen molar-refractivity contribution >= 4 is 27.9 Å². The minimum atomic E-state index is -0.501. The van der Waals surface area contributed by atoms with Crippen LogP contribution in [0.2, 0.25) is 0 Å². The number of hydrogen-bond donors (Lipinski definition) is 1. The maximum atomic E-state index is 12.0. The van der Waals surface area contributed by atoms with E-state index in [1.165, 1.54) is 12.0 Å². The van der Waals surface area contributed by atoms with Crippen molar-refractivity contribution in [3.63, 3.8) is 0 Å². The number of halogens is 1. The maximum absolute atomic E-state index is 12.0. The van der Waals surface area contributed by atoms with Crippen LogP contribution in [0.5, 0.6) is 0 Å². The summed E-state index contributed by atoms with van der Waals surface area (Å²) in [5, 5.41) is 2.81. The summed E-state index contributed by atoms with van der Waals surface area (Å²) in [6.45, 7) is 1.73. The quantitative estimate of drug-likeness (QED) is 0.843. The first-order valence-electron chi connectivity index (χ1n) is 6.04. The molecule has 1 aromatic carbocycles. The monoisotopic (exact) mass is 338 g/mol. The van der Waals surface area contributed by atoms with Crippen molar-refractivity contribution in [2.24, 2.45) is 0 Å². The van der Waals surface area contributed by atoms with Gasteiger partial charge < -0.3 is 15.0 Å². The summed E-state index contributed by atoms with van der Waals surface area (Å²) >= 11 is 3.36. The lowest BCUT2D eigenvalue weighted by atomic mass is 9.95. The highest BCUT2D eigenvalue weighted by atomic mass is 79.9. The van der Waals surface area contributed by atoms with Gasteiger partial charge >= 0.3 is 12.0 Å². The van der Waals surface area contributed by atoms with E-state index >= 15 is 0 Å². The van der Waals surface area contributed by atoms with E-state index in [9.17, 15) is 9.59 Å². The van der Waals surface area contributed by atoms with Crippen molar-refractivity contribution in [3.05, 3.63) is 45.6 Å². The number of carbonyl (C=O) groups is 2. The van der Waals surface area contributed by atoms with Crippen LogP contribution < -0.4 is 5.32 Å². The highest BCUT2D eigenvalue weighted by Gasteiger charge is 2.34. The predicted molar refractivity (Wildman–Crippen MR) is 77.9 cm³/mol. The molecule has 1 heterocycles. The highest BCUT2D eigenvalue weighted by Crippen LogP contribution is 2.30. The largest absolute Gasteiger partial charge is 0.466 e. The van der Waals surface area contributed by atoms with Crippen LogP contribution in [0.15, 0.2) is 40.0 Å². The van der Waals surface area contributed by atoms with Crippen LogP contribution in [0, 0.1) is 0 Å². The average molecular weight is 339 g/mol. The number of hydrogen-bond acceptors (Lipinski definition) is 3. The number of allylic oxidation sites excluding steroid dienone is 1. The fourth-order valence-corrected chi connectivity index (χ4v) is 2.38. The summed E-state index contributed by atoms with van der Waals surface area (Å²) in [6, 6.07) is 6.70. The number of benzene rings is 1. The number of rotatable bonds is 2. The van der Waals surface area contributed by atoms with Crippen molar-refractivity contribution < 1.29 is 14.3 Å². The number of nitrogens with zero attached hydrogens (tertiary/aromatic N) is 1. The molecule has 6 heteroatoms. The Labute approximate surface area is 125 Å². The Morgan fingerprint density at radius 3 is 2.50 bits per heavy atom. The third-order valence-electron chi connectivity index (χ3n) is 3.36. The summed E-state index contributed by atoms with van der Waals surface area (Å²) in [4.78, 5) is 25.3. The van der Waals surface area contributed by atoms with Gasteiger partial charge in [-0.2, -0.15) is 0 Å². The number of urea groups is 1. The van der Waals surface area contributed by atoms with Crippen molar-refractivity contribution in [1.82, 2.24) is 10.2 Å². The first kappa shape index (κ1) is 14.6. The van der Waals surface area contributed by atoms with Crippen LogP contribution in [-0.4, -0.2) is 31.1 Å². The first-order chi connectivity index (χ1) is 9.45. The fourth-order valence-electron chi connectivity index (χ4n) is 2.12. The highest BCUT2D eigenvalue weighted by molar-refractivity contribution is 9.10. The van der Waals surface area contributed by atoms with Crippen LogP contribution in [0.4, 0.5) is 4.79 Å². The molecule has 1 unspecified atom stereocenters. The lowest BCUT2D eigenvalue weighted by Crippen LogP contribution is -2.46. The van der Waals surface area contributed by atoms with Gasteiger partial charge in [-0.15, -0.1) is 0 Å². The van der Waals surface area contributed by atoms with Crippen LogP contribution in [-0.2, 0) is 9.53 Å². The Morgan fingerprint density at radius 1 is 1.35 bits per heavy atom. The molecule has 0 aromatic heterocycles. The van der Waals surface area contributed by atoms with Crippen LogP contribution in [0.25, 0.3) is 0 Å². The molecule has 106 valence electrons. The SMILES string of the molecule is COC(=O)C1=C(C)N(C)C(=O)NC1c1ccc(Br)cc1. The van der Waals surface area contributed by atoms with E-state index in [1.54, 1.807) is 14.0 Å². The molecule has 1 aliphatic rings. The Morgan fingerprint density at radius 2 is 1.95 bits per heavy atom. The van der Waals surface area contributed by atoms with E-state index < -0.39 is 12.0 Å². The number of methoxy groups -OCH3 is 1. The number of carbonyl (C=O) groups excluding carboxylic acids is 2. The minimum absolute atomic E-state index is 0.247. The van der Waals surface area contributed by atoms with Crippen LogP contribution >= 0.6 is 15.9 Å². The third-order valence-corrected chi connectivity index (χ3v) is 3.89. The van der Waals surface area contributed by atoms with Gasteiger partial charge in [-0.05, 0) is 24.6 Å². The van der Waals surface area contributed by atoms with E-state index in [1.807, 2.05) is 24.3 Å². The van der Waals surface area contributed by atoms with Gasteiger partial charge in [-0.25, -0.2) is 9.59 Å². The van der Waals surface area contributed by atoms with Gasteiger partial charge in [0.1, 0.15) is 0 Å². The number of amides is 2. The van der Waals surface area contributed by atoms with Crippen molar-refractivity contribution in [2.75, 3.05) is 14.2 Å². The van der Waals surface area contributed by atoms with Crippen molar-refractivity contribution in [2.45, 2.75) is 13.0 Å². The molecule has 0 radical (unpaired) electrons. The molecule has 2 rings (SSSR count). The molecule has 0 fully saturated rings. The summed E-state index contributed by atoms with van der Waals surface area (Å²) in [5.41, 5.74) is 1.86. The fraction of sp³-hybridized carbons (Fsp3) is 0.286. The second kappa shape index (κ2) is 5.66. The zero-order valence-electron chi connectivity index (χ0n) is 11.4. The van der Waals surface area contributed by atoms with E-state index in [0.29, 0.717) is 11.3 Å². The van der Waals surface area contributed by atoms with E-state index in [2.05, 4.69) is 21.2 Å². The van der Waals surface area contributed by atoms with E-state index in [4.69, 9.17) is 4.74 Å². The van der Waals surface area contributed by atoms with Gasteiger partial charge in [0.05, 0.1) is 18.7 Å². The lowest BCUT2D eigenvalue weighted by Gasteiger charge is -2.33. The molecule has 0 saturated heterocycles. The van der Waals surface area contributed by atoms with Gasteiger partial charge in [-0.3, -0.25) is 0 Å². The Kier molecular flexibility index (Phi) is 4.13. The molecule has 0 aliphatic carbocycles. The van der Waals surface area contributed by atoms with Gasteiger partial charge in [0.15, 0.2) is 0 Å². The molecule has 0 bridgehead atoms. The van der Waals surface area contributed by atoms with Crippen LogP contribution in [0.1, 0.15) is 18.5 Å². The van der Waals surface area contributed by atoms with E-state index in [-0.39, 0.29) is 6.03 Å². The topological polar surface area (TPSA) is 58.6 Å². The van der Waals surface area contributed by atoms with Gasteiger partial charge in [0.2, 0.25) is 0 Å². The van der Waals surface area contributed by atoms with Gasteiger partial charge in [-0.1, -0.05) is 28.1 Å². The Bertz CT molecular complexity index is 581. The predicted octanol–water partition coefficient (Wildman–Crippen LogP) is 2.59. The van der Waals surface area contributed by atoms with Crippen LogP contribution in [0.3, 0.4) is 0 Å². The molecule has 2 amide bonds. The molecule has 0 saturated carbocycles.